The molecular weight excluding hydrogens is 400 g/mol. The Labute approximate surface area is 167 Å². The minimum atomic E-state index is -3.87. The van der Waals surface area contributed by atoms with E-state index in [0.717, 1.165) is 9.87 Å². The van der Waals surface area contributed by atoms with Crippen molar-refractivity contribution in [3.63, 3.8) is 0 Å². The van der Waals surface area contributed by atoms with Gasteiger partial charge in [-0.05, 0) is 44.0 Å². The third-order valence-electron chi connectivity index (χ3n) is 4.45. The van der Waals surface area contributed by atoms with Gasteiger partial charge in [-0.2, -0.15) is 4.31 Å². The number of benzene rings is 1. The molecule has 1 aliphatic heterocycles. The van der Waals surface area contributed by atoms with Crippen LogP contribution < -0.4 is 5.32 Å². The first-order chi connectivity index (χ1) is 13.8. The van der Waals surface area contributed by atoms with E-state index in [4.69, 9.17) is 9.15 Å². The van der Waals surface area contributed by atoms with Gasteiger partial charge in [0.1, 0.15) is 6.04 Å². The van der Waals surface area contributed by atoms with E-state index in [2.05, 4.69) is 0 Å². The molecule has 0 spiro atoms. The third kappa shape index (κ3) is 4.72. The molecule has 29 heavy (non-hydrogen) atoms. The van der Waals surface area contributed by atoms with E-state index in [1.165, 1.54) is 30.5 Å². The zero-order valence-electron chi connectivity index (χ0n) is 15.7. The number of carbonyl (C=O) groups excluding carboxylic acids is 3. The van der Waals surface area contributed by atoms with Crippen LogP contribution in [-0.2, 0) is 24.3 Å². The molecule has 1 aliphatic rings. The van der Waals surface area contributed by atoms with Crippen LogP contribution in [0.3, 0.4) is 0 Å². The average molecular weight is 420 g/mol. The minimum absolute atomic E-state index is 0.0594. The lowest BCUT2D eigenvalue weighted by molar-refractivity contribution is -0.151. The van der Waals surface area contributed by atoms with E-state index in [0.29, 0.717) is 6.42 Å². The molecule has 10 heteroatoms. The van der Waals surface area contributed by atoms with Gasteiger partial charge in [0.2, 0.25) is 10.0 Å². The van der Waals surface area contributed by atoms with Gasteiger partial charge in [-0.15, -0.1) is 0 Å². The predicted molar refractivity (Wildman–Crippen MR) is 100 cm³/mol. The lowest BCUT2D eigenvalue weighted by Gasteiger charge is -2.22. The summed E-state index contributed by atoms with van der Waals surface area (Å²) in [7, 11) is -3.87. The average Bonchev–Trinajstić information content (AvgIpc) is 3.38. The second-order valence-electron chi connectivity index (χ2n) is 6.55. The summed E-state index contributed by atoms with van der Waals surface area (Å²) in [4.78, 5) is 36.0. The molecule has 2 amide bonds. The van der Waals surface area contributed by atoms with Gasteiger partial charge in [0, 0.05) is 6.54 Å². The number of furan rings is 1. The topological polar surface area (TPSA) is 123 Å². The SMILES string of the molecule is Cc1ccc(S(=O)(=O)N2CCC[C@H]2C(=O)OCC(=O)NC(=O)c2ccco2)cc1. The molecule has 2 aromatic rings. The largest absolute Gasteiger partial charge is 0.459 e. The van der Waals surface area contributed by atoms with Crippen molar-refractivity contribution in [2.24, 2.45) is 0 Å². The fraction of sp³-hybridized carbons (Fsp3) is 0.316. The third-order valence-corrected chi connectivity index (χ3v) is 6.37. The minimum Gasteiger partial charge on any atom is -0.459 e. The lowest BCUT2D eigenvalue weighted by atomic mass is 10.2. The van der Waals surface area contributed by atoms with Gasteiger partial charge >= 0.3 is 5.97 Å². The van der Waals surface area contributed by atoms with Crippen molar-refractivity contribution >= 4 is 27.8 Å². The maximum atomic E-state index is 12.9. The molecule has 1 N–H and O–H groups in total. The molecule has 1 aromatic heterocycles. The Hall–Kier alpha value is -2.98. The molecule has 1 aromatic carbocycles. The first-order valence-corrected chi connectivity index (χ1v) is 10.4. The summed E-state index contributed by atoms with van der Waals surface area (Å²) in [6.07, 6.45) is 2.06. The molecule has 0 saturated carbocycles. The zero-order chi connectivity index (χ0) is 21.0. The van der Waals surface area contributed by atoms with Crippen LogP contribution in [0, 0.1) is 6.92 Å². The van der Waals surface area contributed by atoms with Crippen LogP contribution >= 0.6 is 0 Å². The monoisotopic (exact) mass is 420 g/mol. The summed E-state index contributed by atoms with van der Waals surface area (Å²) >= 11 is 0. The van der Waals surface area contributed by atoms with Crippen LogP contribution in [0.15, 0.2) is 52.0 Å². The van der Waals surface area contributed by atoms with Crippen molar-refractivity contribution in [1.29, 1.82) is 0 Å². The van der Waals surface area contributed by atoms with E-state index in [1.54, 1.807) is 12.1 Å². The summed E-state index contributed by atoms with van der Waals surface area (Å²) in [5, 5.41) is 2.02. The summed E-state index contributed by atoms with van der Waals surface area (Å²) in [6.45, 7) is 1.31. The highest BCUT2D eigenvalue weighted by molar-refractivity contribution is 7.89. The van der Waals surface area contributed by atoms with Crippen LogP contribution in [-0.4, -0.2) is 49.7 Å². The van der Waals surface area contributed by atoms with Crippen LogP contribution in [0.2, 0.25) is 0 Å². The summed E-state index contributed by atoms with van der Waals surface area (Å²) < 4.78 is 36.6. The number of nitrogens with zero attached hydrogens (tertiary/aromatic N) is 1. The van der Waals surface area contributed by atoms with E-state index in [1.807, 2.05) is 12.2 Å². The first kappa shape index (κ1) is 20.7. The van der Waals surface area contributed by atoms with Crippen LogP contribution in [0.25, 0.3) is 0 Å². The predicted octanol–water partition coefficient (Wildman–Crippen LogP) is 1.24. The summed E-state index contributed by atoms with van der Waals surface area (Å²) in [6, 6.07) is 8.17. The Kier molecular flexibility index (Phi) is 6.14. The number of rotatable bonds is 6. The smallest absolute Gasteiger partial charge is 0.324 e. The van der Waals surface area contributed by atoms with Gasteiger partial charge in [0.25, 0.3) is 11.8 Å². The first-order valence-electron chi connectivity index (χ1n) is 8.92. The number of ether oxygens (including phenoxy) is 1. The molecule has 9 nitrogen and oxygen atoms in total. The highest BCUT2D eigenvalue weighted by Crippen LogP contribution is 2.27. The van der Waals surface area contributed by atoms with Crippen molar-refractivity contribution in [1.82, 2.24) is 9.62 Å². The molecule has 154 valence electrons. The van der Waals surface area contributed by atoms with Gasteiger partial charge in [0.05, 0.1) is 11.2 Å². The molecule has 1 fully saturated rings. The van der Waals surface area contributed by atoms with Crippen molar-refractivity contribution in [3.05, 3.63) is 54.0 Å². The van der Waals surface area contributed by atoms with Crippen molar-refractivity contribution in [3.8, 4) is 0 Å². The van der Waals surface area contributed by atoms with Gasteiger partial charge in [-0.25, -0.2) is 8.42 Å². The number of carbonyl (C=O) groups is 3. The van der Waals surface area contributed by atoms with E-state index >= 15 is 0 Å². The molecule has 1 saturated heterocycles. The van der Waals surface area contributed by atoms with Gasteiger partial charge in [-0.1, -0.05) is 17.7 Å². The highest BCUT2D eigenvalue weighted by Gasteiger charge is 2.40. The summed E-state index contributed by atoms with van der Waals surface area (Å²) in [5.74, 6) is -2.50. The second-order valence-corrected chi connectivity index (χ2v) is 8.44. The van der Waals surface area contributed by atoms with E-state index < -0.39 is 40.5 Å². The maximum absolute atomic E-state index is 12.9. The Morgan fingerprint density at radius 1 is 1.21 bits per heavy atom. The second kappa shape index (κ2) is 8.58. The van der Waals surface area contributed by atoms with Crippen molar-refractivity contribution in [2.75, 3.05) is 13.2 Å². The Balaban J connectivity index is 1.60. The maximum Gasteiger partial charge on any atom is 0.324 e. The molecule has 0 unspecified atom stereocenters. The number of hydrogen-bond acceptors (Lipinski definition) is 7. The highest BCUT2D eigenvalue weighted by atomic mass is 32.2. The normalized spacial score (nSPS) is 17.1. The number of aryl methyl sites for hydroxylation is 1. The standard InChI is InChI=1S/C19H20N2O7S/c1-13-6-8-14(9-7-13)29(25,26)21-10-2-4-15(21)19(24)28-12-17(22)20-18(23)16-5-3-11-27-16/h3,5-9,11,15H,2,4,10,12H2,1H3,(H,20,22,23)/t15-/m0/s1. The molecule has 2 heterocycles. The van der Waals surface area contributed by atoms with Crippen LogP contribution in [0.1, 0.15) is 29.0 Å². The van der Waals surface area contributed by atoms with Gasteiger partial charge in [-0.3, -0.25) is 19.7 Å². The fourth-order valence-electron chi connectivity index (χ4n) is 2.97. The van der Waals surface area contributed by atoms with Crippen molar-refractivity contribution < 1.29 is 32.0 Å². The Morgan fingerprint density at radius 3 is 2.59 bits per heavy atom. The summed E-state index contributed by atoms with van der Waals surface area (Å²) in [5.41, 5.74) is 0.913. The molecular formula is C19H20N2O7S. The molecule has 0 radical (unpaired) electrons. The van der Waals surface area contributed by atoms with Crippen molar-refractivity contribution in [2.45, 2.75) is 30.7 Å². The molecule has 3 rings (SSSR count). The number of amides is 2. The molecule has 0 bridgehead atoms. The number of sulfonamides is 1. The quantitative estimate of drug-likeness (QED) is 0.698. The molecule has 0 aliphatic carbocycles. The Bertz CT molecular complexity index is 998. The number of hydrogen-bond donors (Lipinski definition) is 1. The number of esters is 1. The van der Waals surface area contributed by atoms with Gasteiger partial charge in [0.15, 0.2) is 12.4 Å². The van der Waals surface area contributed by atoms with E-state index in [-0.39, 0.29) is 23.6 Å². The Morgan fingerprint density at radius 2 is 1.93 bits per heavy atom. The lowest BCUT2D eigenvalue weighted by Crippen LogP contribution is -2.42. The van der Waals surface area contributed by atoms with E-state index in [9.17, 15) is 22.8 Å². The zero-order valence-corrected chi connectivity index (χ0v) is 16.5. The van der Waals surface area contributed by atoms with Crippen LogP contribution in [0.4, 0.5) is 0 Å². The van der Waals surface area contributed by atoms with Crippen LogP contribution in [0.5, 0.6) is 0 Å². The number of nitrogens with one attached hydrogen (secondary N) is 1. The number of imide groups is 1. The molecule has 1 atom stereocenters. The fourth-order valence-corrected chi connectivity index (χ4v) is 4.62. The van der Waals surface area contributed by atoms with Gasteiger partial charge < -0.3 is 9.15 Å².